The number of carbonyl (C=O) groups excluding carboxylic acids is 1. The zero-order valence-electron chi connectivity index (χ0n) is 14.1. The second kappa shape index (κ2) is 5.92. The van der Waals surface area contributed by atoms with Crippen LogP contribution in [0.1, 0.15) is 23.2 Å². The Bertz CT molecular complexity index is 1260. The number of H-pyrrole nitrogens is 1. The van der Waals surface area contributed by atoms with Gasteiger partial charge in [0.05, 0.1) is 10.9 Å². The average molecular weight is 380 g/mol. The number of nitrogens with one attached hydrogen (secondary N) is 2. The normalized spacial score (nSPS) is 14.0. The number of amides is 1. The third-order valence-electron chi connectivity index (χ3n) is 4.65. The molecule has 0 spiro atoms. The molecule has 1 amide bonds. The molecular formula is C19H14ClN5O2. The number of hydrogen-bond acceptors (Lipinski definition) is 4. The van der Waals surface area contributed by atoms with Crippen LogP contribution in [0.25, 0.3) is 27.8 Å². The van der Waals surface area contributed by atoms with Crippen molar-refractivity contribution in [2.75, 3.05) is 0 Å². The minimum Gasteiger partial charge on any atom is -0.349 e. The van der Waals surface area contributed by atoms with E-state index >= 15 is 0 Å². The Morgan fingerprint density at radius 2 is 1.96 bits per heavy atom. The Morgan fingerprint density at radius 3 is 2.70 bits per heavy atom. The van der Waals surface area contributed by atoms with E-state index < -0.39 is 0 Å². The van der Waals surface area contributed by atoms with Gasteiger partial charge in [-0.1, -0.05) is 23.7 Å². The third-order valence-corrected chi connectivity index (χ3v) is 4.91. The molecule has 5 rings (SSSR count). The lowest BCUT2D eigenvalue weighted by Crippen LogP contribution is -2.25. The van der Waals surface area contributed by atoms with Crippen LogP contribution in [0.15, 0.2) is 47.3 Å². The summed E-state index contributed by atoms with van der Waals surface area (Å²) in [5.74, 6) is -0.144. The van der Waals surface area contributed by atoms with Crippen LogP contribution in [0.5, 0.6) is 0 Å². The second-order valence-electron chi connectivity index (χ2n) is 6.62. The maximum atomic E-state index is 12.5. The molecule has 2 aromatic carbocycles. The van der Waals surface area contributed by atoms with E-state index in [4.69, 9.17) is 11.6 Å². The molecule has 7 nitrogen and oxygen atoms in total. The highest BCUT2D eigenvalue weighted by Gasteiger charge is 2.24. The summed E-state index contributed by atoms with van der Waals surface area (Å²) < 4.78 is 1.62. The minimum absolute atomic E-state index is 0.144. The molecule has 4 aromatic rings. The molecule has 1 aliphatic rings. The summed E-state index contributed by atoms with van der Waals surface area (Å²) in [5.41, 5.74) is 2.41. The first-order chi connectivity index (χ1) is 13.1. The maximum absolute atomic E-state index is 12.5. The van der Waals surface area contributed by atoms with Crippen LogP contribution in [0.4, 0.5) is 0 Å². The molecule has 1 aliphatic carbocycles. The lowest BCUT2D eigenvalue weighted by Gasteiger charge is -2.06. The van der Waals surface area contributed by atoms with E-state index in [1.807, 2.05) is 12.1 Å². The number of nitrogens with zero attached hydrogens (tertiary/aromatic N) is 3. The van der Waals surface area contributed by atoms with E-state index in [1.54, 1.807) is 34.8 Å². The summed E-state index contributed by atoms with van der Waals surface area (Å²) in [6, 6.07) is 12.4. The predicted octanol–water partition coefficient (Wildman–Crippen LogP) is 2.78. The number of hydrogen-bond donors (Lipinski definition) is 2. The molecule has 27 heavy (non-hydrogen) atoms. The number of fused-ring (bicyclic) bond motifs is 3. The van der Waals surface area contributed by atoms with E-state index in [-0.39, 0.29) is 17.5 Å². The maximum Gasteiger partial charge on any atom is 0.281 e. The SMILES string of the molecule is O=C(NC1CC1)c1ccc2c(=O)nc3c(-c4ccc(Cl)cc4)n[nH]n3c2c1. The van der Waals surface area contributed by atoms with Crippen molar-refractivity contribution in [3.05, 3.63) is 63.4 Å². The van der Waals surface area contributed by atoms with Crippen molar-refractivity contribution in [3.8, 4) is 11.3 Å². The topological polar surface area (TPSA) is 92.2 Å². The minimum atomic E-state index is -0.365. The summed E-state index contributed by atoms with van der Waals surface area (Å²) in [5, 5.41) is 11.2. The number of halogens is 1. The lowest BCUT2D eigenvalue weighted by atomic mass is 10.1. The summed E-state index contributed by atoms with van der Waals surface area (Å²) in [6.45, 7) is 0. The van der Waals surface area contributed by atoms with Gasteiger partial charge in [0.2, 0.25) is 0 Å². The monoisotopic (exact) mass is 379 g/mol. The van der Waals surface area contributed by atoms with Gasteiger partial charge in [-0.05, 0) is 43.2 Å². The summed E-state index contributed by atoms with van der Waals surface area (Å²) in [7, 11) is 0. The Hall–Kier alpha value is -3.19. The van der Waals surface area contributed by atoms with Gasteiger partial charge in [0.15, 0.2) is 5.65 Å². The van der Waals surface area contributed by atoms with Crippen LogP contribution >= 0.6 is 11.6 Å². The van der Waals surface area contributed by atoms with Gasteiger partial charge in [0.25, 0.3) is 11.5 Å². The fraction of sp³-hybridized carbons (Fsp3) is 0.158. The van der Waals surface area contributed by atoms with E-state index in [0.717, 1.165) is 18.4 Å². The molecule has 2 N–H and O–H groups in total. The lowest BCUT2D eigenvalue weighted by molar-refractivity contribution is 0.0951. The van der Waals surface area contributed by atoms with E-state index in [0.29, 0.717) is 32.8 Å². The highest BCUT2D eigenvalue weighted by Crippen LogP contribution is 2.24. The number of rotatable bonds is 3. The second-order valence-corrected chi connectivity index (χ2v) is 7.06. The standard InChI is InChI=1S/C19H14ClN5O2/c20-12-4-1-10(2-5-12)16-17-22-19(27)14-8-3-11(18(26)21-13-6-7-13)9-15(14)25(17)24-23-16/h1-5,8-9,13,24H,6-7H2,(H,21,26). The largest absolute Gasteiger partial charge is 0.349 e. The van der Waals surface area contributed by atoms with Crippen molar-refractivity contribution >= 4 is 34.1 Å². The molecule has 0 unspecified atom stereocenters. The van der Waals surface area contributed by atoms with Gasteiger partial charge in [-0.15, -0.1) is 0 Å². The van der Waals surface area contributed by atoms with E-state index in [9.17, 15) is 9.59 Å². The van der Waals surface area contributed by atoms with Crippen molar-refractivity contribution in [2.45, 2.75) is 18.9 Å². The van der Waals surface area contributed by atoms with Gasteiger partial charge >= 0.3 is 0 Å². The number of benzene rings is 2. The van der Waals surface area contributed by atoms with Gasteiger partial charge in [-0.25, -0.2) is 9.73 Å². The van der Waals surface area contributed by atoms with Gasteiger partial charge < -0.3 is 5.32 Å². The fourth-order valence-corrected chi connectivity index (χ4v) is 3.19. The van der Waals surface area contributed by atoms with Crippen LogP contribution in [0, 0.1) is 0 Å². The Morgan fingerprint density at radius 1 is 1.19 bits per heavy atom. The number of aromatic amines is 1. The van der Waals surface area contributed by atoms with Crippen LogP contribution < -0.4 is 10.9 Å². The summed E-state index contributed by atoms with van der Waals surface area (Å²) in [4.78, 5) is 29.1. The molecule has 134 valence electrons. The zero-order chi connectivity index (χ0) is 18.5. The molecule has 1 fully saturated rings. The first-order valence-corrected chi connectivity index (χ1v) is 8.96. The molecule has 0 bridgehead atoms. The van der Waals surface area contributed by atoms with E-state index in [2.05, 4.69) is 20.6 Å². The quantitative estimate of drug-likeness (QED) is 0.572. The van der Waals surface area contributed by atoms with Gasteiger partial charge in [0.1, 0.15) is 5.69 Å². The van der Waals surface area contributed by atoms with Gasteiger partial charge in [-0.3, -0.25) is 9.59 Å². The van der Waals surface area contributed by atoms with Crippen LogP contribution in [-0.2, 0) is 0 Å². The van der Waals surface area contributed by atoms with Crippen molar-refractivity contribution in [2.24, 2.45) is 0 Å². The number of carbonyl (C=O) groups is 1. The molecule has 2 heterocycles. The summed E-state index contributed by atoms with van der Waals surface area (Å²) in [6.07, 6.45) is 2.02. The van der Waals surface area contributed by atoms with Crippen molar-refractivity contribution in [1.29, 1.82) is 0 Å². The first-order valence-electron chi connectivity index (χ1n) is 8.58. The van der Waals surface area contributed by atoms with Crippen LogP contribution in [-0.4, -0.2) is 31.8 Å². The van der Waals surface area contributed by atoms with Crippen molar-refractivity contribution in [3.63, 3.8) is 0 Å². The molecule has 0 atom stereocenters. The van der Waals surface area contributed by atoms with E-state index in [1.165, 1.54) is 0 Å². The highest BCUT2D eigenvalue weighted by molar-refractivity contribution is 6.30. The zero-order valence-corrected chi connectivity index (χ0v) is 14.8. The predicted molar refractivity (Wildman–Crippen MR) is 102 cm³/mol. The van der Waals surface area contributed by atoms with Crippen molar-refractivity contribution < 1.29 is 4.79 Å². The van der Waals surface area contributed by atoms with Gasteiger partial charge in [-0.2, -0.15) is 10.1 Å². The molecule has 1 saturated carbocycles. The Kier molecular flexibility index (Phi) is 3.51. The van der Waals surface area contributed by atoms with Crippen LogP contribution in [0.3, 0.4) is 0 Å². The first kappa shape index (κ1) is 16.0. The Balaban J connectivity index is 1.70. The highest BCUT2D eigenvalue weighted by atomic mass is 35.5. The molecule has 8 heteroatoms. The third kappa shape index (κ3) is 2.76. The molecule has 0 saturated heterocycles. The molecule has 2 aromatic heterocycles. The fourth-order valence-electron chi connectivity index (χ4n) is 3.07. The molecular weight excluding hydrogens is 366 g/mol. The molecule has 0 radical (unpaired) electrons. The van der Waals surface area contributed by atoms with Gasteiger partial charge in [0, 0.05) is 22.2 Å². The summed E-state index contributed by atoms with van der Waals surface area (Å²) >= 11 is 5.95. The smallest absolute Gasteiger partial charge is 0.281 e. The average Bonchev–Trinajstić information content (AvgIpc) is 3.39. The van der Waals surface area contributed by atoms with Crippen molar-refractivity contribution in [1.82, 2.24) is 25.1 Å². The number of aromatic nitrogens is 4. The molecule has 0 aliphatic heterocycles. The Labute approximate surface area is 158 Å². The van der Waals surface area contributed by atoms with Crippen LogP contribution in [0.2, 0.25) is 5.02 Å².